The number of pyridine rings is 1. The Morgan fingerprint density at radius 2 is 1.78 bits per heavy atom. The summed E-state index contributed by atoms with van der Waals surface area (Å²) in [6.45, 7) is 6.74. The second kappa shape index (κ2) is 7.59. The fourth-order valence-corrected chi connectivity index (χ4v) is 4.73. The molecule has 0 saturated carbocycles. The van der Waals surface area contributed by atoms with Crippen LogP contribution < -0.4 is 20.3 Å². The third kappa shape index (κ3) is 3.29. The number of fused-ring (bicyclic) bond motifs is 1. The fraction of sp³-hybridized carbons (Fsp3) is 0.391. The number of hydrogen-bond donors (Lipinski definition) is 2. The van der Waals surface area contributed by atoms with E-state index in [9.17, 15) is 14.4 Å². The van der Waals surface area contributed by atoms with Crippen molar-refractivity contribution in [1.29, 1.82) is 0 Å². The SMILES string of the molecule is CC(C)N1Cc2ccc(Oc3ccc(N4CCCC45C(=O)NC(=O)NC5=O)cn3)cc2C1. The van der Waals surface area contributed by atoms with Gasteiger partial charge in [0, 0.05) is 31.7 Å². The van der Waals surface area contributed by atoms with Crippen LogP contribution in [0.25, 0.3) is 0 Å². The molecule has 2 N–H and O–H groups in total. The van der Waals surface area contributed by atoms with Crippen LogP contribution in [-0.2, 0) is 22.7 Å². The third-order valence-electron chi connectivity index (χ3n) is 6.50. The van der Waals surface area contributed by atoms with Crippen molar-refractivity contribution in [3.8, 4) is 11.6 Å². The van der Waals surface area contributed by atoms with Gasteiger partial charge in [0.2, 0.25) is 5.88 Å². The number of imide groups is 2. The van der Waals surface area contributed by atoms with Crippen molar-refractivity contribution < 1.29 is 19.1 Å². The second-order valence-corrected chi connectivity index (χ2v) is 8.74. The summed E-state index contributed by atoms with van der Waals surface area (Å²) in [6.07, 6.45) is 2.57. The molecule has 1 aromatic carbocycles. The number of carbonyl (C=O) groups is 3. The van der Waals surface area contributed by atoms with Gasteiger partial charge in [-0.05, 0) is 56.0 Å². The van der Waals surface area contributed by atoms with E-state index in [1.54, 1.807) is 23.2 Å². The Balaban J connectivity index is 1.33. The lowest BCUT2D eigenvalue weighted by molar-refractivity contribution is -0.137. The molecule has 1 spiro atoms. The minimum atomic E-state index is -1.43. The summed E-state index contributed by atoms with van der Waals surface area (Å²) >= 11 is 0. The van der Waals surface area contributed by atoms with Crippen molar-refractivity contribution in [2.24, 2.45) is 0 Å². The first-order valence-corrected chi connectivity index (χ1v) is 10.8. The number of barbiturate groups is 1. The second-order valence-electron chi connectivity index (χ2n) is 8.74. The number of nitrogens with one attached hydrogen (secondary N) is 2. The van der Waals surface area contributed by atoms with Gasteiger partial charge in [-0.2, -0.15) is 0 Å². The van der Waals surface area contributed by atoms with E-state index >= 15 is 0 Å². The molecule has 5 rings (SSSR count). The smallest absolute Gasteiger partial charge is 0.328 e. The number of rotatable bonds is 4. The Morgan fingerprint density at radius 1 is 1.03 bits per heavy atom. The van der Waals surface area contributed by atoms with Crippen molar-refractivity contribution in [2.75, 3.05) is 11.4 Å². The molecule has 2 saturated heterocycles. The third-order valence-corrected chi connectivity index (χ3v) is 6.50. The van der Waals surface area contributed by atoms with Gasteiger partial charge in [-0.1, -0.05) is 6.07 Å². The minimum absolute atomic E-state index is 0.332. The van der Waals surface area contributed by atoms with Crippen molar-refractivity contribution >= 4 is 23.5 Å². The van der Waals surface area contributed by atoms with E-state index in [-0.39, 0.29) is 0 Å². The lowest BCUT2D eigenvalue weighted by Gasteiger charge is -2.38. The zero-order valence-electron chi connectivity index (χ0n) is 18.1. The van der Waals surface area contributed by atoms with Gasteiger partial charge in [0.25, 0.3) is 11.8 Å². The maximum absolute atomic E-state index is 12.6. The van der Waals surface area contributed by atoms with Gasteiger partial charge >= 0.3 is 6.03 Å². The van der Waals surface area contributed by atoms with Crippen LogP contribution in [0.2, 0.25) is 0 Å². The lowest BCUT2D eigenvalue weighted by Crippen LogP contribution is -2.71. The van der Waals surface area contributed by atoms with Gasteiger partial charge in [0.15, 0.2) is 5.54 Å². The Labute approximate surface area is 185 Å². The molecule has 166 valence electrons. The highest BCUT2D eigenvalue weighted by Gasteiger charge is 2.57. The molecule has 0 bridgehead atoms. The quantitative estimate of drug-likeness (QED) is 0.710. The molecule has 1 aromatic heterocycles. The average Bonchev–Trinajstić information content (AvgIpc) is 3.38. The number of carbonyl (C=O) groups excluding carboxylic acids is 3. The molecule has 0 unspecified atom stereocenters. The van der Waals surface area contributed by atoms with Gasteiger partial charge in [-0.15, -0.1) is 0 Å². The maximum Gasteiger partial charge on any atom is 0.328 e. The summed E-state index contributed by atoms with van der Waals surface area (Å²) in [5.41, 5.74) is 1.77. The number of aromatic nitrogens is 1. The van der Waals surface area contributed by atoms with Gasteiger partial charge < -0.3 is 9.64 Å². The van der Waals surface area contributed by atoms with Crippen LogP contribution in [0.3, 0.4) is 0 Å². The Bertz CT molecular complexity index is 1080. The average molecular weight is 435 g/mol. The fourth-order valence-electron chi connectivity index (χ4n) is 4.73. The molecule has 0 aliphatic carbocycles. The van der Waals surface area contributed by atoms with Gasteiger partial charge in [0.05, 0.1) is 11.9 Å². The molecule has 4 heterocycles. The van der Waals surface area contributed by atoms with Crippen LogP contribution in [0.15, 0.2) is 36.5 Å². The Hall–Kier alpha value is -3.46. The Morgan fingerprint density at radius 3 is 2.47 bits per heavy atom. The van der Waals surface area contributed by atoms with E-state index in [1.807, 2.05) is 6.07 Å². The van der Waals surface area contributed by atoms with E-state index < -0.39 is 23.4 Å². The normalized spacial score (nSPS) is 20.0. The van der Waals surface area contributed by atoms with Crippen LogP contribution >= 0.6 is 0 Å². The zero-order valence-corrected chi connectivity index (χ0v) is 18.1. The van der Waals surface area contributed by atoms with E-state index in [4.69, 9.17) is 4.74 Å². The molecule has 32 heavy (non-hydrogen) atoms. The molecule has 2 aromatic rings. The summed E-state index contributed by atoms with van der Waals surface area (Å²) in [4.78, 5) is 45.2. The first kappa shape index (κ1) is 20.4. The summed E-state index contributed by atoms with van der Waals surface area (Å²) in [6, 6.07) is 9.29. The molecule has 3 aliphatic heterocycles. The zero-order chi connectivity index (χ0) is 22.5. The van der Waals surface area contributed by atoms with Crippen LogP contribution in [-0.4, -0.2) is 45.9 Å². The molecular weight excluding hydrogens is 410 g/mol. The van der Waals surface area contributed by atoms with Gasteiger partial charge in [0.1, 0.15) is 5.75 Å². The van der Waals surface area contributed by atoms with Crippen LogP contribution in [0.4, 0.5) is 10.5 Å². The number of hydrogen-bond acceptors (Lipinski definition) is 7. The van der Waals surface area contributed by atoms with Crippen molar-refractivity contribution in [3.63, 3.8) is 0 Å². The van der Waals surface area contributed by atoms with Crippen LogP contribution in [0.1, 0.15) is 37.8 Å². The number of amides is 4. The molecule has 4 amide bonds. The highest BCUT2D eigenvalue weighted by Crippen LogP contribution is 2.36. The predicted octanol–water partition coefficient (Wildman–Crippen LogP) is 2.30. The van der Waals surface area contributed by atoms with E-state index in [0.717, 1.165) is 18.8 Å². The summed E-state index contributed by atoms with van der Waals surface area (Å²) < 4.78 is 5.96. The first-order valence-electron chi connectivity index (χ1n) is 10.8. The topological polar surface area (TPSA) is 104 Å². The molecule has 2 fully saturated rings. The predicted molar refractivity (Wildman–Crippen MR) is 116 cm³/mol. The molecule has 0 radical (unpaired) electrons. The standard InChI is InChI=1S/C23H25N5O4/c1-14(2)27-12-15-4-6-18(10-16(15)13-27)32-19-7-5-17(11-24-19)28-9-3-8-23(28)20(29)25-22(31)26-21(23)30/h4-7,10-11,14H,3,8-9,12-13H2,1-2H3,(H2,25,26,29,30,31). The maximum atomic E-state index is 12.6. The van der Waals surface area contributed by atoms with Crippen molar-refractivity contribution in [3.05, 3.63) is 47.7 Å². The number of urea groups is 1. The van der Waals surface area contributed by atoms with Crippen LogP contribution in [0.5, 0.6) is 11.6 Å². The van der Waals surface area contributed by atoms with E-state index in [1.165, 1.54) is 11.1 Å². The monoisotopic (exact) mass is 435 g/mol. The minimum Gasteiger partial charge on any atom is -0.439 e. The molecule has 0 atom stereocenters. The highest BCUT2D eigenvalue weighted by molar-refractivity contribution is 6.24. The van der Waals surface area contributed by atoms with Gasteiger partial charge in [-0.25, -0.2) is 9.78 Å². The number of ether oxygens (including phenoxy) is 1. The summed E-state index contributed by atoms with van der Waals surface area (Å²) in [7, 11) is 0. The highest BCUT2D eigenvalue weighted by atomic mass is 16.5. The number of benzene rings is 1. The van der Waals surface area contributed by atoms with Crippen molar-refractivity contribution in [1.82, 2.24) is 20.5 Å². The largest absolute Gasteiger partial charge is 0.439 e. The van der Waals surface area contributed by atoms with Gasteiger partial charge in [-0.3, -0.25) is 25.1 Å². The lowest BCUT2D eigenvalue weighted by atomic mass is 9.92. The molecule has 3 aliphatic rings. The number of anilines is 1. The molecule has 9 heteroatoms. The summed E-state index contributed by atoms with van der Waals surface area (Å²) in [5, 5.41) is 4.43. The van der Waals surface area contributed by atoms with Crippen molar-refractivity contribution in [2.45, 2.75) is 51.4 Å². The Kier molecular flexibility index (Phi) is 4.85. The van der Waals surface area contributed by atoms with E-state index in [2.05, 4.69) is 46.5 Å². The number of nitrogens with zero attached hydrogens (tertiary/aromatic N) is 3. The first-order chi connectivity index (χ1) is 15.4. The molecular formula is C23H25N5O4. The molecule has 9 nitrogen and oxygen atoms in total. The van der Waals surface area contributed by atoms with Crippen LogP contribution in [0, 0.1) is 0 Å². The summed E-state index contributed by atoms with van der Waals surface area (Å²) in [5.74, 6) is -0.0551. The van der Waals surface area contributed by atoms with E-state index in [0.29, 0.717) is 37.0 Å².